The maximum atomic E-state index is 11.0. The largest absolute Gasteiger partial charge is 0.507 e. The molecule has 0 aliphatic heterocycles. The van der Waals surface area contributed by atoms with Crippen molar-refractivity contribution in [2.45, 2.75) is 13.8 Å². The molecule has 2 aromatic carbocycles. The third-order valence-corrected chi connectivity index (χ3v) is 3.00. The Balaban J connectivity index is 2.67. The molecule has 2 nitrogen and oxygen atoms in total. The van der Waals surface area contributed by atoms with E-state index in [4.69, 9.17) is 0 Å². The van der Waals surface area contributed by atoms with Crippen molar-refractivity contribution >= 4 is 6.29 Å². The number of aromatic hydroxyl groups is 1. The molecular weight excluding hydrogens is 212 g/mol. The summed E-state index contributed by atoms with van der Waals surface area (Å²) in [6, 6.07) is 10.9. The lowest BCUT2D eigenvalue weighted by molar-refractivity contribution is 0.112. The van der Waals surface area contributed by atoms with Crippen molar-refractivity contribution in [2.24, 2.45) is 0 Å². The number of carbonyl (C=O) groups excluding carboxylic acids is 1. The van der Waals surface area contributed by atoms with E-state index < -0.39 is 0 Å². The first-order valence-corrected chi connectivity index (χ1v) is 5.48. The number of aryl methyl sites for hydroxylation is 2. The standard InChI is InChI=1S/C15H14O2/c1-10-6-7-12(8-11(10)2)15-13(9-16)4-3-5-14(15)17/h3-9,17H,1-2H3. The lowest BCUT2D eigenvalue weighted by Crippen LogP contribution is -1.90. The van der Waals surface area contributed by atoms with Crippen LogP contribution in [0.2, 0.25) is 0 Å². The van der Waals surface area contributed by atoms with E-state index in [0.717, 1.165) is 17.4 Å². The zero-order chi connectivity index (χ0) is 12.4. The van der Waals surface area contributed by atoms with Gasteiger partial charge in [-0.3, -0.25) is 4.79 Å². The molecule has 0 saturated carbocycles. The maximum Gasteiger partial charge on any atom is 0.150 e. The van der Waals surface area contributed by atoms with Crippen LogP contribution in [-0.2, 0) is 0 Å². The smallest absolute Gasteiger partial charge is 0.150 e. The first-order chi connectivity index (χ1) is 8.13. The molecule has 2 rings (SSSR count). The number of hydrogen-bond acceptors (Lipinski definition) is 2. The lowest BCUT2D eigenvalue weighted by atomic mass is 9.96. The Morgan fingerprint density at radius 1 is 1.06 bits per heavy atom. The Bertz CT molecular complexity index is 571. The van der Waals surface area contributed by atoms with Crippen LogP contribution in [0, 0.1) is 13.8 Å². The molecule has 0 saturated heterocycles. The van der Waals surface area contributed by atoms with Crippen molar-refractivity contribution in [3.05, 3.63) is 53.1 Å². The van der Waals surface area contributed by atoms with E-state index in [0.29, 0.717) is 11.1 Å². The van der Waals surface area contributed by atoms with Crippen LogP contribution in [0.4, 0.5) is 0 Å². The second-order valence-corrected chi connectivity index (χ2v) is 4.16. The molecule has 0 bridgehead atoms. The fourth-order valence-corrected chi connectivity index (χ4v) is 1.87. The van der Waals surface area contributed by atoms with Crippen LogP contribution in [0.5, 0.6) is 5.75 Å². The minimum atomic E-state index is 0.137. The van der Waals surface area contributed by atoms with Gasteiger partial charge in [0.15, 0.2) is 6.29 Å². The zero-order valence-electron chi connectivity index (χ0n) is 9.90. The van der Waals surface area contributed by atoms with Gasteiger partial charge in [0.1, 0.15) is 5.75 Å². The van der Waals surface area contributed by atoms with Gasteiger partial charge in [-0.15, -0.1) is 0 Å². The van der Waals surface area contributed by atoms with Gasteiger partial charge in [-0.2, -0.15) is 0 Å². The molecule has 0 atom stereocenters. The normalized spacial score (nSPS) is 10.2. The predicted molar refractivity (Wildman–Crippen MR) is 68.4 cm³/mol. The molecule has 86 valence electrons. The van der Waals surface area contributed by atoms with Gasteiger partial charge in [-0.1, -0.05) is 30.3 Å². The number of hydrogen-bond donors (Lipinski definition) is 1. The number of aldehydes is 1. The number of phenols is 1. The lowest BCUT2D eigenvalue weighted by Gasteiger charge is -2.09. The quantitative estimate of drug-likeness (QED) is 0.796. The van der Waals surface area contributed by atoms with Crippen molar-refractivity contribution in [1.82, 2.24) is 0 Å². The molecule has 0 radical (unpaired) electrons. The van der Waals surface area contributed by atoms with Gasteiger partial charge in [0.25, 0.3) is 0 Å². The molecule has 2 heteroatoms. The fraction of sp³-hybridized carbons (Fsp3) is 0.133. The van der Waals surface area contributed by atoms with Gasteiger partial charge in [-0.05, 0) is 36.6 Å². The van der Waals surface area contributed by atoms with Crippen LogP contribution in [-0.4, -0.2) is 11.4 Å². The highest BCUT2D eigenvalue weighted by Gasteiger charge is 2.10. The number of phenolic OH excluding ortho intramolecular Hbond substituents is 1. The molecule has 0 amide bonds. The molecule has 0 fully saturated rings. The SMILES string of the molecule is Cc1ccc(-c2c(O)cccc2C=O)cc1C. The molecule has 0 aromatic heterocycles. The van der Waals surface area contributed by atoms with Gasteiger partial charge in [0.05, 0.1) is 0 Å². The average Bonchev–Trinajstić information content (AvgIpc) is 2.32. The summed E-state index contributed by atoms with van der Waals surface area (Å²) in [6.45, 7) is 4.05. The van der Waals surface area contributed by atoms with Gasteiger partial charge < -0.3 is 5.11 Å². The van der Waals surface area contributed by atoms with E-state index in [1.165, 1.54) is 5.56 Å². The van der Waals surface area contributed by atoms with E-state index in [1.54, 1.807) is 18.2 Å². The second-order valence-electron chi connectivity index (χ2n) is 4.16. The van der Waals surface area contributed by atoms with E-state index in [9.17, 15) is 9.90 Å². The minimum Gasteiger partial charge on any atom is -0.507 e. The maximum absolute atomic E-state index is 11.0. The van der Waals surface area contributed by atoms with E-state index in [1.807, 2.05) is 32.0 Å². The number of benzene rings is 2. The molecule has 1 N–H and O–H groups in total. The minimum absolute atomic E-state index is 0.137. The Labute approximate surface area is 101 Å². The van der Waals surface area contributed by atoms with E-state index in [2.05, 4.69) is 0 Å². The zero-order valence-corrected chi connectivity index (χ0v) is 9.90. The third kappa shape index (κ3) is 2.07. The van der Waals surface area contributed by atoms with Crippen LogP contribution in [0.3, 0.4) is 0 Å². The molecule has 0 heterocycles. The highest BCUT2D eigenvalue weighted by Crippen LogP contribution is 2.32. The highest BCUT2D eigenvalue weighted by molar-refractivity contribution is 5.90. The summed E-state index contributed by atoms with van der Waals surface area (Å²) >= 11 is 0. The highest BCUT2D eigenvalue weighted by atomic mass is 16.3. The first-order valence-electron chi connectivity index (χ1n) is 5.48. The average molecular weight is 226 g/mol. The van der Waals surface area contributed by atoms with Crippen molar-refractivity contribution in [2.75, 3.05) is 0 Å². The Morgan fingerprint density at radius 3 is 2.47 bits per heavy atom. The third-order valence-electron chi connectivity index (χ3n) is 3.00. The summed E-state index contributed by atoms with van der Waals surface area (Å²) in [4.78, 5) is 11.0. The van der Waals surface area contributed by atoms with Crippen molar-refractivity contribution in [1.29, 1.82) is 0 Å². The molecule has 17 heavy (non-hydrogen) atoms. The van der Waals surface area contributed by atoms with Gasteiger partial charge in [0, 0.05) is 11.1 Å². The molecular formula is C15H14O2. The molecule has 0 spiro atoms. The van der Waals surface area contributed by atoms with Crippen LogP contribution in [0.1, 0.15) is 21.5 Å². The van der Waals surface area contributed by atoms with Gasteiger partial charge in [-0.25, -0.2) is 0 Å². The summed E-state index contributed by atoms with van der Waals surface area (Å²) < 4.78 is 0. The fourth-order valence-electron chi connectivity index (χ4n) is 1.87. The molecule has 0 aliphatic carbocycles. The summed E-state index contributed by atoms with van der Waals surface area (Å²) in [5.41, 5.74) is 4.31. The van der Waals surface area contributed by atoms with Crippen LogP contribution in [0.25, 0.3) is 11.1 Å². The predicted octanol–water partition coefficient (Wildman–Crippen LogP) is 3.49. The topological polar surface area (TPSA) is 37.3 Å². The first kappa shape index (κ1) is 11.4. The molecule has 0 unspecified atom stereocenters. The summed E-state index contributed by atoms with van der Waals surface area (Å²) in [5, 5.41) is 9.88. The summed E-state index contributed by atoms with van der Waals surface area (Å²) in [5.74, 6) is 0.137. The monoisotopic (exact) mass is 226 g/mol. The van der Waals surface area contributed by atoms with Crippen LogP contribution in [0.15, 0.2) is 36.4 Å². The van der Waals surface area contributed by atoms with Crippen molar-refractivity contribution in [3.63, 3.8) is 0 Å². The number of rotatable bonds is 2. The molecule has 2 aromatic rings. The Hall–Kier alpha value is -2.09. The van der Waals surface area contributed by atoms with E-state index >= 15 is 0 Å². The van der Waals surface area contributed by atoms with Crippen LogP contribution < -0.4 is 0 Å². The Kier molecular flexibility index (Phi) is 2.96. The van der Waals surface area contributed by atoms with Gasteiger partial charge >= 0.3 is 0 Å². The van der Waals surface area contributed by atoms with Crippen molar-refractivity contribution < 1.29 is 9.90 Å². The Morgan fingerprint density at radius 2 is 1.82 bits per heavy atom. The summed E-state index contributed by atoms with van der Waals surface area (Å²) in [7, 11) is 0. The van der Waals surface area contributed by atoms with Gasteiger partial charge in [0.2, 0.25) is 0 Å². The van der Waals surface area contributed by atoms with E-state index in [-0.39, 0.29) is 5.75 Å². The second kappa shape index (κ2) is 4.42. The van der Waals surface area contributed by atoms with Crippen molar-refractivity contribution in [3.8, 4) is 16.9 Å². The molecule has 0 aliphatic rings. The number of carbonyl (C=O) groups is 1. The van der Waals surface area contributed by atoms with Crippen LogP contribution >= 0.6 is 0 Å². The summed E-state index contributed by atoms with van der Waals surface area (Å²) in [6.07, 6.45) is 0.768.